The lowest BCUT2D eigenvalue weighted by Gasteiger charge is -2.08. The summed E-state index contributed by atoms with van der Waals surface area (Å²) in [6, 6.07) is 13.7. The van der Waals surface area contributed by atoms with Crippen molar-refractivity contribution in [1.82, 2.24) is 5.32 Å². The smallest absolute Gasteiger partial charge is 0.220 e. The first-order valence-electron chi connectivity index (χ1n) is 8.43. The monoisotopic (exact) mass is 339 g/mol. The van der Waals surface area contributed by atoms with Gasteiger partial charge in [0.2, 0.25) is 5.91 Å². The molecular formula is C21H25NO3. The van der Waals surface area contributed by atoms with E-state index >= 15 is 0 Å². The van der Waals surface area contributed by atoms with Crippen molar-refractivity contribution < 1.29 is 14.3 Å². The predicted octanol–water partition coefficient (Wildman–Crippen LogP) is 3.73. The molecule has 2 aromatic rings. The Balaban J connectivity index is 1.80. The lowest BCUT2D eigenvalue weighted by Crippen LogP contribution is -2.23. The maximum Gasteiger partial charge on any atom is 0.220 e. The lowest BCUT2D eigenvalue weighted by molar-refractivity contribution is -0.121. The van der Waals surface area contributed by atoms with Gasteiger partial charge in [-0.25, -0.2) is 0 Å². The molecule has 132 valence electrons. The molecule has 4 nitrogen and oxygen atoms in total. The van der Waals surface area contributed by atoms with Gasteiger partial charge in [-0.2, -0.15) is 0 Å². The SMILES string of the molecule is COCc1ccc(CNC(=O)CCC(=O)c2cc(C)ccc2C)cc1. The highest BCUT2D eigenvalue weighted by Crippen LogP contribution is 2.14. The summed E-state index contributed by atoms with van der Waals surface area (Å²) in [6.45, 7) is 4.91. The van der Waals surface area contributed by atoms with E-state index in [1.165, 1.54) is 0 Å². The van der Waals surface area contributed by atoms with Gasteiger partial charge in [-0.15, -0.1) is 0 Å². The Kier molecular flexibility index (Phi) is 6.90. The van der Waals surface area contributed by atoms with E-state index in [4.69, 9.17) is 4.74 Å². The van der Waals surface area contributed by atoms with E-state index in [1.54, 1.807) is 7.11 Å². The minimum absolute atomic E-state index is 0.0141. The van der Waals surface area contributed by atoms with Crippen molar-refractivity contribution in [3.63, 3.8) is 0 Å². The molecule has 0 aromatic heterocycles. The van der Waals surface area contributed by atoms with Crippen LogP contribution in [0.5, 0.6) is 0 Å². The Bertz CT molecular complexity index is 735. The third-order valence-electron chi connectivity index (χ3n) is 4.10. The number of carbonyl (C=O) groups excluding carboxylic acids is 2. The van der Waals surface area contributed by atoms with E-state index in [1.807, 2.05) is 56.3 Å². The zero-order chi connectivity index (χ0) is 18.2. The van der Waals surface area contributed by atoms with Crippen LogP contribution in [-0.2, 0) is 22.7 Å². The van der Waals surface area contributed by atoms with Gasteiger partial charge in [-0.3, -0.25) is 9.59 Å². The number of amides is 1. The predicted molar refractivity (Wildman–Crippen MR) is 98.5 cm³/mol. The van der Waals surface area contributed by atoms with Crippen LogP contribution >= 0.6 is 0 Å². The number of ether oxygens (including phenoxy) is 1. The Morgan fingerprint density at radius 1 is 0.960 bits per heavy atom. The summed E-state index contributed by atoms with van der Waals surface area (Å²) in [4.78, 5) is 24.3. The van der Waals surface area contributed by atoms with E-state index in [0.717, 1.165) is 22.3 Å². The number of aryl methyl sites for hydroxylation is 2. The number of nitrogens with one attached hydrogen (secondary N) is 1. The largest absolute Gasteiger partial charge is 0.380 e. The molecule has 0 saturated heterocycles. The quantitative estimate of drug-likeness (QED) is 0.746. The number of ketones is 1. The van der Waals surface area contributed by atoms with Crippen LogP contribution in [0.4, 0.5) is 0 Å². The van der Waals surface area contributed by atoms with Gasteiger partial charge in [0.1, 0.15) is 0 Å². The second-order valence-corrected chi connectivity index (χ2v) is 6.27. The molecule has 4 heteroatoms. The van der Waals surface area contributed by atoms with E-state index < -0.39 is 0 Å². The van der Waals surface area contributed by atoms with Crippen LogP contribution in [0, 0.1) is 13.8 Å². The fourth-order valence-electron chi connectivity index (χ4n) is 2.61. The first-order valence-corrected chi connectivity index (χ1v) is 8.43. The molecule has 25 heavy (non-hydrogen) atoms. The molecule has 1 amide bonds. The van der Waals surface area contributed by atoms with Crippen LogP contribution in [-0.4, -0.2) is 18.8 Å². The van der Waals surface area contributed by atoms with Gasteiger partial charge in [-0.1, -0.05) is 42.0 Å². The van der Waals surface area contributed by atoms with E-state index in [2.05, 4.69) is 5.32 Å². The lowest BCUT2D eigenvalue weighted by atomic mass is 9.99. The van der Waals surface area contributed by atoms with Crippen molar-refractivity contribution in [2.24, 2.45) is 0 Å². The van der Waals surface area contributed by atoms with Crippen molar-refractivity contribution in [3.8, 4) is 0 Å². The molecule has 2 rings (SSSR count). The van der Waals surface area contributed by atoms with Crippen LogP contribution in [0.15, 0.2) is 42.5 Å². The summed E-state index contributed by atoms with van der Waals surface area (Å²) in [5.74, 6) is -0.0973. The Labute approximate surface area is 149 Å². The average Bonchev–Trinajstić information content (AvgIpc) is 2.61. The second kappa shape index (κ2) is 9.14. The topological polar surface area (TPSA) is 55.4 Å². The summed E-state index contributed by atoms with van der Waals surface area (Å²) in [7, 11) is 1.66. The zero-order valence-corrected chi connectivity index (χ0v) is 15.1. The fourth-order valence-corrected chi connectivity index (χ4v) is 2.61. The summed E-state index contributed by atoms with van der Waals surface area (Å²) in [5.41, 5.74) is 4.83. The highest BCUT2D eigenvalue weighted by atomic mass is 16.5. The maximum absolute atomic E-state index is 12.3. The number of rotatable bonds is 8. The van der Waals surface area contributed by atoms with Crippen LogP contribution in [0.25, 0.3) is 0 Å². The standard InChI is InChI=1S/C21H25NO3/c1-15-4-5-16(2)19(12-15)20(23)10-11-21(24)22-13-17-6-8-18(9-7-17)14-25-3/h4-9,12H,10-11,13-14H2,1-3H3,(H,22,24). The van der Waals surface area contributed by atoms with Crippen LogP contribution in [0.1, 0.15) is 45.5 Å². The van der Waals surface area contributed by atoms with Crippen molar-refractivity contribution in [1.29, 1.82) is 0 Å². The average molecular weight is 339 g/mol. The highest BCUT2D eigenvalue weighted by molar-refractivity contribution is 5.99. The van der Waals surface area contributed by atoms with Crippen molar-refractivity contribution in [3.05, 3.63) is 70.3 Å². The third kappa shape index (κ3) is 5.84. The highest BCUT2D eigenvalue weighted by Gasteiger charge is 2.11. The molecule has 0 atom stereocenters. The van der Waals surface area contributed by atoms with Crippen molar-refractivity contribution >= 4 is 11.7 Å². The number of Topliss-reactive ketones (excluding diaryl/α,β-unsaturated/α-hetero) is 1. The molecule has 0 bridgehead atoms. The first-order chi connectivity index (χ1) is 12.0. The van der Waals surface area contributed by atoms with Gasteiger partial charge in [-0.05, 0) is 36.6 Å². The van der Waals surface area contributed by atoms with E-state index in [9.17, 15) is 9.59 Å². The molecule has 0 aliphatic rings. The first kappa shape index (κ1) is 18.9. The summed E-state index contributed by atoms with van der Waals surface area (Å²) < 4.78 is 5.07. The molecule has 0 aliphatic carbocycles. The molecule has 0 heterocycles. The van der Waals surface area contributed by atoms with Crippen LogP contribution < -0.4 is 5.32 Å². The normalized spacial score (nSPS) is 10.5. The van der Waals surface area contributed by atoms with Gasteiger partial charge in [0.25, 0.3) is 0 Å². The number of carbonyl (C=O) groups is 2. The minimum atomic E-state index is -0.111. The number of hydrogen-bond donors (Lipinski definition) is 1. The van der Waals surface area contributed by atoms with Crippen molar-refractivity contribution in [2.45, 2.75) is 39.8 Å². The van der Waals surface area contributed by atoms with Crippen LogP contribution in [0.3, 0.4) is 0 Å². The van der Waals surface area contributed by atoms with Crippen LogP contribution in [0.2, 0.25) is 0 Å². The van der Waals surface area contributed by atoms with E-state index in [0.29, 0.717) is 18.7 Å². The Morgan fingerprint density at radius 3 is 2.32 bits per heavy atom. The number of benzene rings is 2. The zero-order valence-electron chi connectivity index (χ0n) is 15.1. The number of methoxy groups -OCH3 is 1. The Hall–Kier alpha value is -2.46. The maximum atomic E-state index is 12.3. The molecule has 2 aromatic carbocycles. The second-order valence-electron chi connectivity index (χ2n) is 6.27. The fraction of sp³-hybridized carbons (Fsp3) is 0.333. The molecule has 0 radical (unpaired) electrons. The molecule has 0 aliphatic heterocycles. The molecule has 0 saturated carbocycles. The van der Waals surface area contributed by atoms with Gasteiger partial charge in [0, 0.05) is 32.1 Å². The Morgan fingerprint density at radius 2 is 1.64 bits per heavy atom. The van der Waals surface area contributed by atoms with Gasteiger partial charge < -0.3 is 10.1 Å². The molecule has 0 fully saturated rings. The minimum Gasteiger partial charge on any atom is -0.380 e. The summed E-state index contributed by atoms with van der Waals surface area (Å²) in [5, 5.41) is 2.86. The summed E-state index contributed by atoms with van der Waals surface area (Å²) in [6.07, 6.45) is 0.427. The van der Waals surface area contributed by atoms with E-state index in [-0.39, 0.29) is 24.5 Å². The molecule has 1 N–H and O–H groups in total. The molecular weight excluding hydrogens is 314 g/mol. The number of hydrogen-bond acceptors (Lipinski definition) is 3. The van der Waals surface area contributed by atoms with Crippen molar-refractivity contribution in [2.75, 3.05) is 7.11 Å². The van der Waals surface area contributed by atoms with Gasteiger partial charge >= 0.3 is 0 Å². The molecule has 0 unspecified atom stereocenters. The van der Waals surface area contributed by atoms with Gasteiger partial charge in [0.05, 0.1) is 6.61 Å². The van der Waals surface area contributed by atoms with Gasteiger partial charge in [0.15, 0.2) is 5.78 Å². The third-order valence-corrected chi connectivity index (χ3v) is 4.10. The summed E-state index contributed by atoms with van der Waals surface area (Å²) >= 11 is 0. The molecule has 0 spiro atoms.